The Labute approximate surface area is 122 Å². The van der Waals surface area contributed by atoms with E-state index in [-0.39, 0.29) is 0 Å². The molecule has 2 rings (SSSR count). The minimum absolute atomic E-state index is 0.423. The van der Waals surface area contributed by atoms with E-state index in [9.17, 15) is 0 Å². The smallest absolute Gasteiger partial charge is 0.0363 e. The molecule has 0 radical (unpaired) electrons. The second-order valence-corrected chi connectivity index (χ2v) is 5.07. The average Bonchev–Trinajstić information content (AvgIpc) is 2.53. The zero-order valence-electron chi connectivity index (χ0n) is 12.4. The molecule has 0 aromatic heterocycles. The Morgan fingerprint density at radius 1 is 0.950 bits per heavy atom. The van der Waals surface area contributed by atoms with Crippen molar-refractivity contribution in [1.82, 2.24) is 5.32 Å². The molecule has 0 saturated heterocycles. The number of anilines is 1. The number of benzene rings is 2. The molecule has 1 atom stereocenters. The molecule has 0 saturated carbocycles. The van der Waals surface area contributed by atoms with Gasteiger partial charge in [-0.25, -0.2) is 0 Å². The van der Waals surface area contributed by atoms with Crippen LogP contribution in [0.5, 0.6) is 0 Å². The number of hydrogen-bond donors (Lipinski definition) is 1. The van der Waals surface area contributed by atoms with Crippen molar-refractivity contribution in [2.45, 2.75) is 19.4 Å². The third-order valence-electron chi connectivity index (χ3n) is 3.60. The quantitative estimate of drug-likeness (QED) is 0.820. The molecule has 0 aliphatic carbocycles. The Kier molecular flexibility index (Phi) is 5.63. The zero-order valence-corrected chi connectivity index (χ0v) is 12.4. The lowest BCUT2D eigenvalue weighted by Crippen LogP contribution is -2.27. The van der Waals surface area contributed by atoms with Gasteiger partial charge in [0.15, 0.2) is 0 Å². The van der Waals surface area contributed by atoms with Crippen molar-refractivity contribution in [3.05, 3.63) is 66.2 Å². The van der Waals surface area contributed by atoms with Crippen LogP contribution < -0.4 is 10.2 Å². The Morgan fingerprint density at radius 2 is 1.55 bits per heavy atom. The van der Waals surface area contributed by atoms with Gasteiger partial charge in [0, 0.05) is 25.3 Å². The van der Waals surface area contributed by atoms with Crippen molar-refractivity contribution >= 4 is 5.69 Å². The number of nitrogens with one attached hydrogen (secondary N) is 1. The van der Waals surface area contributed by atoms with Crippen molar-refractivity contribution < 1.29 is 0 Å². The summed E-state index contributed by atoms with van der Waals surface area (Å²) in [6.45, 7) is 4.20. The Balaban J connectivity index is 1.96. The lowest BCUT2D eigenvalue weighted by atomic mass is 10.0. The fourth-order valence-corrected chi connectivity index (χ4v) is 2.45. The van der Waals surface area contributed by atoms with E-state index < -0.39 is 0 Å². The van der Waals surface area contributed by atoms with Gasteiger partial charge in [0.25, 0.3) is 0 Å². The third kappa shape index (κ3) is 4.10. The summed E-state index contributed by atoms with van der Waals surface area (Å²) in [5.74, 6) is 0. The van der Waals surface area contributed by atoms with Gasteiger partial charge < -0.3 is 10.2 Å². The van der Waals surface area contributed by atoms with Crippen molar-refractivity contribution in [2.75, 3.05) is 25.0 Å². The number of hydrogen-bond acceptors (Lipinski definition) is 2. The van der Waals surface area contributed by atoms with E-state index in [1.54, 1.807) is 0 Å². The predicted molar refractivity (Wildman–Crippen MR) is 87.2 cm³/mol. The van der Waals surface area contributed by atoms with Crippen LogP contribution in [0.3, 0.4) is 0 Å². The molecule has 0 spiro atoms. The maximum Gasteiger partial charge on any atom is 0.0363 e. The first-order valence-corrected chi connectivity index (χ1v) is 7.35. The lowest BCUT2D eigenvalue weighted by molar-refractivity contribution is 0.516. The first-order valence-electron chi connectivity index (χ1n) is 7.35. The molecule has 0 bridgehead atoms. The molecule has 1 unspecified atom stereocenters. The molecule has 0 aliphatic heterocycles. The van der Waals surface area contributed by atoms with E-state index in [2.05, 4.69) is 84.9 Å². The predicted octanol–water partition coefficient (Wildman–Crippen LogP) is 3.86. The molecular weight excluding hydrogens is 244 g/mol. The first-order chi connectivity index (χ1) is 9.81. The van der Waals surface area contributed by atoms with Crippen LogP contribution >= 0.6 is 0 Å². The highest BCUT2D eigenvalue weighted by atomic mass is 15.1. The summed E-state index contributed by atoms with van der Waals surface area (Å²) in [5, 5.41) is 3.58. The van der Waals surface area contributed by atoms with Gasteiger partial charge in [0.1, 0.15) is 0 Å². The van der Waals surface area contributed by atoms with E-state index >= 15 is 0 Å². The number of rotatable bonds is 7. The Hall–Kier alpha value is -1.80. The van der Waals surface area contributed by atoms with Crippen molar-refractivity contribution in [1.29, 1.82) is 0 Å². The summed E-state index contributed by atoms with van der Waals surface area (Å²) >= 11 is 0. The molecule has 20 heavy (non-hydrogen) atoms. The van der Waals surface area contributed by atoms with E-state index in [4.69, 9.17) is 0 Å². The third-order valence-corrected chi connectivity index (χ3v) is 3.60. The van der Waals surface area contributed by atoms with Gasteiger partial charge in [-0.3, -0.25) is 0 Å². The highest BCUT2D eigenvalue weighted by molar-refractivity contribution is 5.44. The van der Waals surface area contributed by atoms with Gasteiger partial charge in [-0.05, 0) is 30.7 Å². The minimum atomic E-state index is 0.423. The van der Waals surface area contributed by atoms with Crippen LogP contribution in [0.2, 0.25) is 0 Å². The van der Waals surface area contributed by atoms with Gasteiger partial charge in [-0.15, -0.1) is 0 Å². The molecule has 2 aromatic rings. The van der Waals surface area contributed by atoms with Gasteiger partial charge >= 0.3 is 0 Å². The van der Waals surface area contributed by atoms with Crippen LogP contribution in [0.25, 0.3) is 0 Å². The fourth-order valence-electron chi connectivity index (χ4n) is 2.45. The molecule has 0 fully saturated rings. The van der Waals surface area contributed by atoms with Crippen LogP contribution in [0, 0.1) is 0 Å². The van der Waals surface area contributed by atoms with E-state index in [0.29, 0.717) is 6.04 Å². The average molecular weight is 268 g/mol. The second-order valence-electron chi connectivity index (χ2n) is 5.07. The maximum absolute atomic E-state index is 3.58. The van der Waals surface area contributed by atoms with Gasteiger partial charge in [0.05, 0.1) is 0 Å². The maximum atomic E-state index is 3.58. The van der Waals surface area contributed by atoms with Gasteiger partial charge in [-0.2, -0.15) is 0 Å². The second kappa shape index (κ2) is 7.71. The molecule has 106 valence electrons. The summed E-state index contributed by atoms with van der Waals surface area (Å²) in [5.41, 5.74) is 2.65. The van der Waals surface area contributed by atoms with Crippen molar-refractivity contribution in [3.8, 4) is 0 Å². The number of para-hydroxylation sites is 1. The topological polar surface area (TPSA) is 15.3 Å². The molecule has 0 heterocycles. The highest BCUT2D eigenvalue weighted by Crippen LogP contribution is 2.19. The van der Waals surface area contributed by atoms with E-state index in [0.717, 1.165) is 19.5 Å². The fraction of sp³-hybridized carbons (Fsp3) is 0.333. The van der Waals surface area contributed by atoms with Gasteiger partial charge in [-0.1, -0.05) is 55.5 Å². The van der Waals surface area contributed by atoms with Gasteiger partial charge in [0.2, 0.25) is 0 Å². The number of nitrogens with zero attached hydrogens (tertiary/aromatic N) is 1. The highest BCUT2D eigenvalue weighted by Gasteiger charge is 2.11. The molecule has 2 heteroatoms. The van der Waals surface area contributed by atoms with Crippen LogP contribution in [0.4, 0.5) is 5.69 Å². The zero-order chi connectivity index (χ0) is 14.2. The lowest BCUT2D eigenvalue weighted by Gasteiger charge is -2.24. The van der Waals surface area contributed by atoms with Crippen LogP contribution in [-0.4, -0.2) is 20.1 Å². The van der Waals surface area contributed by atoms with Crippen molar-refractivity contribution in [3.63, 3.8) is 0 Å². The Morgan fingerprint density at radius 3 is 2.15 bits per heavy atom. The monoisotopic (exact) mass is 268 g/mol. The summed E-state index contributed by atoms with van der Waals surface area (Å²) in [6.07, 6.45) is 1.10. The molecule has 2 aromatic carbocycles. The SMILES string of the molecule is CCNC(CCN(C)c1ccccc1)c1ccccc1. The van der Waals surface area contributed by atoms with Crippen LogP contribution in [0.15, 0.2) is 60.7 Å². The first kappa shape index (κ1) is 14.6. The largest absolute Gasteiger partial charge is 0.375 e. The molecule has 1 N–H and O–H groups in total. The normalized spacial score (nSPS) is 12.1. The summed E-state index contributed by atoms with van der Waals surface area (Å²) < 4.78 is 0. The van der Waals surface area contributed by atoms with Crippen molar-refractivity contribution in [2.24, 2.45) is 0 Å². The molecule has 2 nitrogen and oxygen atoms in total. The molecule has 0 aliphatic rings. The van der Waals surface area contributed by atoms with Crippen LogP contribution in [0.1, 0.15) is 24.9 Å². The minimum Gasteiger partial charge on any atom is -0.375 e. The summed E-state index contributed by atoms with van der Waals surface area (Å²) in [6, 6.07) is 21.7. The Bertz CT molecular complexity index is 481. The molecule has 0 amide bonds. The van der Waals surface area contributed by atoms with Crippen LogP contribution in [-0.2, 0) is 0 Å². The summed E-state index contributed by atoms with van der Waals surface area (Å²) in [4.78, 5) is 2.31. The standard InChI is InChI=1S/C18H24N2/c1-3-19-18(16-10-6-4-7-11-16)14-15-20(2)17-12-8-5-9-13-17/h4-13,18-19H,3,14-15H2,1-2H3. The molecular formula is C18H24N2. The summed E-state index contributed by atoms with van der Waals surface area (Å²) in [7, 11) is 2.16. The van der Waals surface area contributed by atoms with E-state index in [1.165, 1.54) is 11.3 Å². The van der Waals surface area contributed by atoms with E-state index in [1.807, 2.05) is 0 Å².